The molecule has 5 nitrogen and oxygen atoms in total. The first-order valence-corrected chi connectivity index (χ1v) is 11.4. The van der Waals surface area contributed by atoms with Gasteiger partial charge in [0, 0.05) is 28.5 Å². The Balaban J connectivity index is 1.52. The standard InChI is InChI=1S/C23H21ClN4OS/c1-14-6-2-3-9-17(14)21-20-18(10-5-11-19(20)29)25-22-26-23(27-28(21)22)30-13-15-7-4-8-16(24)12-15/h2-4,6-9,12,21H,5,10-11,13H2,1H3,(H,25,26,27). The van der Waals surface area contributed by atoms with Crippen molar-refractivity contribution >= 4 is 35.1 Å². The average Bonchev–Trinajstić information content (AvgIpc) is 3.14. The monoisotopic (exact) mass is 436 g/mol. The third-order valence-corrected chi connectivity index (χ3v) is 6.73. The van der Waals surface area contributed by atoms with Crippen LogP contribution >= 0.6 is 23.4 Å². The summed E-state index contributed by atoms with van der Waals surface area (Å²) in [6, 6.07) is 15.8. The zero-order valence-electron chi connectivity index (χ0n) is 16.6. The smallest absolute Gasteiger partial charge is 0.227 e. The fourth-order valence-corrected chi connectivity index (χ4v) is 5.14. The molecule has 3 aromatic rings. The first-order valence-electron chi connectivity index (χ1n) is 10.0. The number of aryl methyl sites for hydroxylation is 1. The van der Waals surface area contributed by atoms with Gasteiger partial charge in [0.15, 0.2) is 5.78 Å². The zero-order valence-corrected chi connectivity index (χ0v) is 18.1. The number of thioether (sulfide) groups is 1. The number of carbonyl (C=O) groups excluding carboxylic acids is 1. The van der Waals surface area contributed by atoms with E-state index in [1.165, 1.54) is 0 Å². The molecule has 1 atom stereocenters. The van der Waals surface area contributed by atoms with Gasteiger partial charge < -0.3 is 5.32 Å². The van der Waals surface area contributed by atoms with E-state index in [1.54, 1.807) is 11.8 Å². The Morgan fingerprint density at radius 3 is 2.90 bits per heavy atom. The van der Waals surface area contributed by atoms with Crippen molar-refractivity contribution in [3.05, 3.63) is 81.5 Å². The minimum Gasteiger partial charge on any atom is -0.328 e. The third kappa shape index (κ3) is 3.55. The summed E-state index contributed by atoms with van der Waals surface area (Å²) < 4.78 is 1.88. The molecule has 1 unspecified atom stereocenters. The maximum atomic E-state index is 12.9. The quantitative estimate of drug-likeness (QED) is 0.543. The molecule has 0 bridgehead atoms. The van der Waals surface area contributed by atoms with Crippen LogP contribution in [0.1, 0.15) is 42.0 Å². The molecule has 5 rings (SSSR count). The second-order valence-electron chi connectivity index (χ2n) is 7.63. The van der Waals surface area contributed by atoms with Crippen molar-refractivity contribution in [1.29, 1.82) is 0 Å². The predicted molar refractivity (Wildman–Crippen MR) is 120 cm³/mol. The van der Waals surface area contributed by atoms with E-state index in [-0.39, 0.29) is 11.8 Å². The summed E-state index contributed by atoms with van der Waals surface area (Å²) in [5.41, 5.74) is 5.19. The van der Waals surface area contributed by atoms with Gasteiger partial charge in [0.05, 0.1) is 0 Å². The van der Waals surface area contributed by atoms with E-state index in [2.05, 4.69) is 24.4 Å². The SMILES string of the molecule is Cc1ccccc1C1C2=C(CCCC2=O)Nc2nc(SCc3cccc(Cl)c3)nn21. The minimum absolute atomic E-state index is 0.200. The van der Waals surface area contributed by atoms with E-state index in [1.807, 2.05) is 41.1 Å². The van der Waals surface area contributed by atoms with E-state index in [4.69, 9.17) is 21.7 Å². The first-order chi connectivity index (χ1) is 14.6. The van der Waals surface area contributed by atoms with Crippen LogP contribution in [0.25, 0.3) is 0 Å². The van der Waals surface area contributed by atoms with Crippen LogP contribution in [-0.2, 0) is 10.5 Å². The van der Waals surface area contributed by atoms with E-state index in [0.29, 0.717) is 17.5 Å². The Morgan fingerprint density at radius 1 is 1.20 bits per heavy atom. The highest BCUT2D eigenvalue weighted by Crippen LogP contribution is 2.41. The molecule has 1 N–H and O–H groups in total. The Labute approximate surface area is 184 Å². The summed E-state index contributed by atoms with van der Waals surface area (Å²) in [4.78, 5) is 17.6. The zero-order chi connectivity index (χ0) is 20.7. The van der Waals surface area contributed by atoms with Crippen molar-refractivity contribution in [3.63, 3.8) is 0 Å². The molecule has 1 aliphatic heterocycles. The molecule has 2 heterocycles. The Hall–Kier alpha value is -2.57. The van der Waals surface area contributed by atoms with Crippen LogP contribution < -0.4 is 5.32 Å². The Kier molecular flexibility index (Phi) is 5.13. The lowest BCUT2D eigenvalue weighted by molar-refractivity contribution is -0.116. The van der Waals surface area contributed by atoms with Gasteiger partial charge in [0.1, 0.15) is 6.04 Å². The van der Waals surface area contributed by atoms with Crippen LogP contribution in [0, 0.1) is 6.92 Å². The number of carbonyl (C=O) groups is 1. The highest BCUT2D eigenvalue weighted by atomic mass is 35.5. The molecule has 1 aromatic heterocycles. The van der Waals surface area contributed by atoms with Gasteiger partial charge >= 0.3 is 0 Å². The summed E-state index contributed by atoms with van der Waals surface area (Å²) in [6.07, 6.45) is 2.32. The number of anilines is 1. The number of nitrogens with zero attached hydrogens (tertiary/aromatic N) is 3. The van der Waals surface area contributed by atoms with Crippen molar-refractivity contribution < 1.29 is 4.79 Å². The van der Waals surface area contributed by atoms with Gasteiger partial charge in [-0.1, -0.05) is 59.8 Å². The van der Waals surface area contributed by atoms with Gasteiger partial charge in [-0.2, -0.15) is 4.98 Å². The van der Waals surface area contributed by atoms with E-state index < -0.39 is 0 Å². The normalized spacial score (nSPS) is 18.1. The predicted octanol–water partition coefficient (Wildman–Crippen LogP) is 5.55. The number of ketones is 1. The van der Waals surface area contributed by atoms with Crippen molar-refractivity contribution in [2.75, 3.05) is 5.32 Å². The summed E-state index contributed by atoms with van der Waals surface area (Å²) >= 11 is 7.67. The molecule has 0 saturated heterocycles. The Morgan fingerprint density at radius 2 is 2.07 bits per heavy atom. The van der Waals surface area contributed by atoms with Crippen molar-refractivity contribution in [2.45, 2.75) is 43.1 Å². The number of halogens is 1. The molecule has 0 radical (unpaired) electrons. The van der Waals surface area contributed by atoms with Crippen molar-refractivity contribution in [1.82, 2.24) is 14.8 Å². The highest BCUT2D eigenvalue weighted by molar-refractivity contribution is 7.98. The molecule has 2 aliphatic rings. The number of nitrogens with one attached hydrogen (secondary N) is 1. The van der Waals surface area contributed by atoms with Crippen LogP contribution in [0.4, 0.5) is 5.95 Å². The summed E-state index contributed by atoms with van der Waals surface area (Å²) in [5.74, 6) is 1.63. The topological polar surface area (TPSA) is 59.8 Å². The van der Waals surface area contributed by atoms with Gasteiger partial charge in [0.2, 0.25) is 11.1 Å². The number of fused-ring (bicyclic) bond motifs is 1. The number of hydrogen-bond donors (Lipinski definition) is 1. The number of rotatable bonds is 4. The van der Waals surface area contributed by atoms with Crippen LogP contribution in [0.2, 0.25) is 5.02 Å². The molecule has 0 amide bonds. The molecule has 0 fully saturated rings. The lowest BCUT2D eigenvalue weighted by Gasteiger charge is -2.32. The van der Waals surface area contributed by atoms with Crippen LogP contribution in [0.5, 0.6) is 0 Å². The lowest BCUT2D eigenvalue weighted by Crippen LogP contribution is -2.31. The highest BCUT2D eigenvalue weighted by Gasteiger charge is 2.37. The van der Waals surface area contributed by atoms with Crippen LogP contribution in [0.3, 0.4) is 0 Å². The largest absolute Gasteiger partial charge is 0.328 e. The molecule has 1 aliphatic carbocycles. The maximum Gasteiger partial charge on any atom is 0.227 e. The summed E-state index contributed by atoms with van der Waals surface area (Å²) in [5, 5.41) is 9.60. The molecule has 0 saturated carbocycles. The summed E-state index contributed by atoms with van der Waals surface area (Å²) in [6.45, 7) is 2.08. The molecule has 152 valence electrons. The first kappa shape index (κ1) is 19.4. The fourth-order valence-electron chi connectivity index (χ4n) is 4.15. The van der Waals surface area contributed by atoms with E-state index >= 15 is 0 Å². The van der Waals surface area contributed by atoms with Gasteiger partial charge in [-0.15, -0.1) is 5.10 Å². The second-order valence-corrected chi connectivity index (χ2v) is 9.01. The molecule has 7 heteroatoms. The van der Waals surface area contributed by atoms with Crippen molar-refractivity contribution in [2.24, 2.45) is 0 Å². The summed E-state index contributed by atoms with van der Waals surface area (Å²) in [7, 11) is 0. The number of aromatic nitrogens is 3. The average molecular weight is 437 g/mol. The number of hydrogen-bond acceptors (Lipinski definition) is 5. The number of Topliss-reactive ketones (excluding diaryl/α,β-unsaturated/α-hetero) is 1. The van der Waals surface area contributed by atoms with Gasteiger partial charge in [-0.3, -0.25) is 4.79 Å². The lowest BCUT2D eigenvalue weighted by atomic mass is 9.84. The van der Waals surface area contributed by atoms with Crippen LogP contribution in [0.15, 0.2) is 65.0 Å². The molecular weight excluding hydrogens is 416 g/mol. The van der Waals surface area contributed by atoms with E-state index in [0.717, 1.165) is 51.6 Å². The van der Waals surface area contributed by atoms with Gasteiger partial charge in [0.25, 0.3) is 0 Å². The molecule has 2 aromatic carbocycles. The van der Waals surface area contributed by atoms with Crippen LogP contribution in [-0.4, -0.2) is 20.5 Å². The third-order valence-electron chi connectivity index (χ3n) is 5.59. The molecular formula is C23H21ClN4OS. The van der Waals surface area contributed by atoms with Crippen molar-refractivity contribution in [3.8, 4) is 0 Å². The Bertz CT molecular complexity index is 1170. The van der Waals surface area contributed by atoms with Gasteiger partial charge in [-0.05, 0) is 48.6 Å². The maximum absolute atomic E-state index is 12.9. The van der Waals surface area contributed by atoms with E-state index in [9.17, 15) is 4.79 Å². The fraction of sp³-hybridized carbons (Fsp3) is 0.261. The molecule has 30 heavy (non-hydrogen) atoms. The number of allylic oxidation sites excluding steroid dienone is 2. The number of benzene rings is 2. The second kappa shape index (κ2) is 7.93. The van der Waals surface area contributed by atoms with Gasteiger partial charge in [-0.25, -0.2) is 4.68 Å². The minimum atomic E-state index is -0.238. The molecule has 0 spiro atoms.